The maximum Gasteiger partial charge on any atom is 0.236 e. The summed E-state index contributed by atoms with van der Waals surface area (Å²) < 4.78 is 44.6. The first kappa shape index (κ1) is 20.9. The first-order valence-electron chi connectivity index (χ1n) is 10.9. The number of aromatic nitrogens is 1. The van der Waals surface area contributed by atoms with Crippen LogP contribution in [0.15, 0.2) is 56.8 Å². The van der Waals surface area contributed by atoms with E-state index in [9.17, 15) is 8.42 Å². The molecule has 0 spiro atoms. The van der Waals surface area contributed by atoms with Crippen molar-refractivity contribution >= 4 is 15.7 Å². The lowest BCUT2D eigenvalue weighted by Gasteiger charge is -2.30. The van der Waals surface area contributed by atoms with Crippen molar-refractivity contribution in [1.82, 2.24) is 4.98 Å². The summed E-state index contributed by atoms with van der Waals surface area (Å²) in [4.78, 5) is 6.60. The van der Waals surface area contributed by atoms with E-state index in [0.29, 0.717) is 42.4 Å². The van der Waals surface area contributed by atoms with Crippen LogP contribution >= 0.6 is 0 Å². The number of piperidine rings is 1. The fourth-order valence-electron chi connectivity index (χ4n) is 4.01. The number of fused-ring (bicyclic) bond motifs is 1. The van der Waals surface area contributed by atoms with Crippen LogP contribution in [-0.4, -0.2) is 39.7 Å². The lowest BCUT2D eigenvalue weighted by Crippen LogP contribution is -2.33. The van der Waals surface area contributed by atoms with Gasteiger partial charge >= 0.3 is 0 Å². The van der Waals surface area contributed by atoms with E-state index in [0.717, 1.165) is 37.1 Å². The standard InChI is InChI=1S/C24H26N2O5S/c1-16-3-5-18(6-4-16)22-25-23(24(31-22)26-11-9-17(2)10-12-26)32(27,28)19-7-8-20-21(15-19)30-14-13-29-20/h3-8,15,17H,9-14H2,1-2H3. The molecule has 0 atom stereocenters. The third-order valence-electron chi connectivity index (χ3n) is 6.03. The third kappa shape index (κ3) is 3.83. The summed E-state index contributed by atoms with van der Waals surface area (Å²) in [6.07, 6.45) is 1.95. The molecule has 1 aromatic heterocycles. The highest BCUT2D eigenvalue weighted by Crippen LogP contribution is 2.39. The number of rotatable bonds is 4. The van der Waals surface area contributed by atoms with Crippen molar-refractivity contribution in [3.8, 4) is 23.0 Å². The zero-order chi connectivity index (χ0) is 22.3. The Kier molecular flexibility index (Phi) is 5.33. The van der Waals surface area contributed by atoms with Crippen molar-refractivity contribution in [2.75, 3.05) is 31.2 Å². The third-order valence-corrected chi connectivity index (χ3v) is 7.68. The van der Waals surface area contributed by atoms with Gasteiger partial charge in [0, 0.05) is 24.7 Å². The molecule has 0 N–H and O–H groups in total. The van der Waals surface area contributed by atoms with Gasteiger partial charge in [0.15, 0.2) is 11.5 Å². The minimum Gasteiger partial charge on any atom is -0.486 e. The molecule has 0 aliphatic carbocycles. The first-order chi connectivity index (χ1) is 15.4. The summed E-state index contributed by atoms with van der Waals surface area (Å²) in [5.41, 5.74) is 1.85. The molecule has 32 heavy (non-hydrogen) atoms. The maximum atomic E-state index is 13.7. The van der Waals surface area contributed by atoms with Gasteiger partial charge in [-0.05, 0) is 49.9 Å². The zero-order valence-electron chi connectivity index (χ0n) is 18.2. The Bertz CT molecular complexity index is 1230. The summed E-state index contributed by atoms with van der Waals surface area (Å²) in [6, 6.07) is 12.4. The maximum absolute atomic E-state index is 13.7. The van der Waals surface area contributed by atoms with Crippen LogP contribution in [0.4, 0.5) is 5.88 Å². The number of oxazole rings is 1. The predicted octanol–water partition coefficient (Wildman–Crippen LogP) is 4.49. The normalized spacial score (nSPS) is 16.9. The Morgan fingerprint density at radius 1 is 0.969 bits per heavy atom. The van der Waals surface area contributed by atoms with Crippen molar-refractivity contribution in [3.63, 3.8) is 0 Å². The highest BCUT2D eigenvalue weighted by atomic mass is 32.2. The minimum absolute atomic E-state index is 0.0562. The Morgan fingerprint density at radius 3 is 2.38 bits per heavy atom. The van der Waals surface area contributed by atoms with Gasteiger partial charge in [-0.15, -0.1) is 0 Å². The van der Waals surface area contributed by atoms with Crippen molar-refractivity contribution < 1.29 is 22.3 Å². The largest absolute Gasteiger partial charge is 0.486 e. The Hall–Kier alpha value is -3.00. The number of anilines is 1. The second-order valence-corrected chi connectivity index (χ2v) is 10.3. The fourth-order valence-corrected chi connectivity index (χ4v) is 5.34. The number of hydrogen-bond acceptors (Lipinski definition) is 7. The molecule has 7 nitrogen and oxygen atoms in total. The molecule has 0 saturated carbocycles. The second-order valence-electron chi connectivity index (χ2n) is 8.47. The van der Waals surface area contributed by atoms with Crippen molar-refractivity contribution in [3.05, 3.63) is 48.0 Å². The highest BCUT2D eigenvalue weighted by Gasteiger charge is 2.33. The number of ether oxygens (including phenoxy) is 2. The van der Waals surface area contributed by atoms with E-state index < -0.39 is 9.84 Å². The van der Waals surface area contributed by atoms with Crippen LogP contribution in [0.3, 0.4) is 0 Å². The van der Waals surface area contributed by atoms with Gasteiger partial charge in [-0.25, -0.2) is 8.42 Å². The van der Waals surface area contributed by atoms with Crippen LogP contribution in [0.5, 0.6) is 11.5 Å². The molecule has 0 unspecified atom stereocenters. The van der Waals surface area contributed by atoms with Crippen LogP contribution < -0.4 is 14.4 Å². The topological polar surface area (TPSA) is 81.9 Å². The SMILES string of the molecule is Cc1ccc(-c2nc(S(=O)(=O)c3ccc4c(c3)OCCO4)c(N3CCC(C)CC3)o2)cc1. The average Bonchev–Trinajstić information content (AvgIpc) is 3.26. The molecule has 8 heteroatoms. The van der Waals surface area contributed by atoms with Crippen molar-refractivity contribution in [2.24, 2.45) is 5.92 Å². The minimum atomic E-state index is -3.94. The lowest BCUT2D eigenvalue weighted by molar-refractivity contribution is 0.171. The smallest absolute Gasteiger partial charge is 0.236 e. The average molecular weight is 455 g/mol. The summed E-state index contributed by atoms with van der Waals surface area (Å²) in [5, 5.41) is -0.0562. The van der Waals surface area contributed by atoms with Gasteiger partial charge in [-0.1, -0.05) is 24.6 Å². The summed E-state index contributed by atoms with van der Waals surface area (Å²) in [5.74, 6) is 2.18. The molecule has 5 rings (SSSR count). The van der Waals surface area contributed by atoms with Gasteiger partial charge < -0.3 is 18.8 Å². The molecule has 2 aromatic carbocycles. The monoisotopic (exact) mass is 454 g/mol. The molecule has 0 amide bonds. The predicted molar refractivity (Wildman–Crippen MR) is 120 cm³/mol. The van der Waals surface area contributed by atoms with Gasteiger partial charge in [-0.2, -0.15) is 4.98 Å². The molecular formula is C24H26N2O5S. The van der Waals surface area contributed by atoms with Gasteiger partial charge in [0.05, 0.1) is 4.90 Å². The lowest BCUT2D eigenvalue weighted by atomic mass is 9.99. The molecule has 2 aliphatic heterocycles. The van der Waals surface area contributed by atoms with Crippen LogP contribution in [0.25, 0.3) is 11.5 Å². The molecule has 2 aliphatic rings. The fraction of sp³-hybridized carbons (Fsp3) is 0.375. The van der Waals surface area contributed by atoms with Crippen LogP contribution in [-0.2, 0) is 9.84 Å². The number of aryl methyl sites for hydroxylation is 1. The van der Waals surface area contributed by atoms with E-state index >= 15 is 0 Å². The van der Waals surface area contributed by atoms with E-state index in [1.54, 1.807) is 6.07 Å². The number of benzene rings is 2. The number of sulfone groups is 1. The quantitative estimate of drug-likeness (QED) is 0.574. The first-order valence-corrected chi connectivity index (χ1v) is 12.4. The molecule has 1 fully saturated rings. The summed E-state index contributed by atoms with van der Waals surface area (Å²) >= 11 is 0. The number of hydrogen-bond donors (Lipinski definition) is 0. The molecular weight excluding hydrogens is 428 g/mol. The Labute approximate surface area is 187 Å². The van der Waals surface area contributed by atoms with E-state index in [-0.39, 0.29) is 9.92 Å². The van der Waals surface area contributed by atoms with Gasteiger partial charge in [0.25, 0.3) is 0 Å². The molecule has 3 aromatic rings. The molecule has 0 bridgehead atoms. The Morgan fingerprint density at radius 2 is 1.66 bits per heavy atom. The van der Waals surface area contributed by atoms with E-state index in [2.05, 4.69) is 11.9 Å². The summed E-state index contributed by atoms with van der Waals surface area (Å²) in [7, 11) is -3.94. The second kappa shape index (κ2) is 8.16. The van der Waals surface area contributed by atoms with Crippen LogP contribution in [0.1, 0.15) is 25.3 Å². The van der Waals surface area contributed by atoms with E-state index in [1.807, 2.05) is 36.1 Å². The van der Waals surface area contributed by atoms with E-state index in [1.165, 1.54) is 12.1 Å². The molecule has 168 valence electrons. The van der Waals surface area contributed by atoms with Crippen LogP contribution in [0, 0.1) is 12.8 Å². The number of nitrogens with zero attached hydrogens (tertiary/aromatic N) is 2. The van der Waals surface area contributed by atoms with Crippen molar-refractivity contribution in [2.45, 2.75) is 36.6 Å². The molecule has 0 radical (unpaired) electrons. The molecule has 1 saturated heterocycles. The van der Waals surface area contributed by atoms with Crippen molar-refractivity contribution in [1.29, 1.82) is 0 Å². The highest BCUT2D eigenvalue weighted by molar-refractivity contribution is 7.91. The summed E-state index contributed by atoms with van der Waals surface area (Å²) in [6.45, 7) is 6.50. The Balaban J connectivity index is 1.60. The van der Waals surface area contributed by atoms with Gasteiger partial charge in [-0.3, -0.25) is 0 Å². The zero-order valence-corrected chi connectivity index (χ0v) is 19.0. The van der Waals surface area contributed by atoms with Crippen LogP contribution in [0.2, 0.25) is 0 Å². The van der Waals surface area contributed by atoms with Gasteiger partial charge in [0.1, 0.15) is 13.2 Å². The molecule has 3 heterocycles. The van der Waals surface area contributed by atoms with Gasteiger partial charge in [0.2, 0.25) is 26.6 Å². The van der Waals surface area contributed by atoms with E-state index in [4.69, 9.17) is 13.9 Å².